The lowest BCUT2D eigenvalue weighted by molar-refractivity contribution is -0.130. The van der Waals surface area contributed by atoms with Crippen LogP contribution in [0.1, 0.15) is 62.7 Å². The molecule has 1 aliphatic carbocycles. The first-order valence-electron chi connectivity index (χ1n) is 9.65. The molecule has 25 heavy (non-hydrogen) atoms. The summed E-state index contributed by atoms with van der Waals surface area (Å²) in [6.07, 6.45) is 5.22. The predicted molar refractivity (Wildman–Crippen MR) is 93.0 cm³/mol. The molecule has 3 fully saturated rings. The highest BCUT2D eigenvalue weighted by Crippen LogP contribution is 2.34. The molecule has 0 aromatic carbocycles. The van der Waals surface area contributed by atoms with Crippen LogP contribution in [0, 0.1) is 5.92 Å². The Morgan fingerprint density at radius 3 is 2.80 bits per heavy atom. The lowest BCUT2D eigenvalue weighted by atomic mass is 9.87. The van der Waals surface area contributed by atoms with Crippen LogP contribution in [0.2, 0.25) is 0 Å². The van der Waals surface area contributed by atoms with Crippen LogP contribution in [0.3, 0.4) is 0 Å². The second kappa shape index (κ2) is 7.03. The number of rotatable bonds is 3. The fourth-order valence-corrected chi connectivity index (χ4v) is 4.45. The molecule has 2 atom stereocenters. The maximum atomic E-state index is 12.5. The SMILES string of the molecule is CC1CCC(N2CC(c3nc(C4CNCCN4C)no3)CC2=O)CC1. The quantitative estimate of drug-likeness (QED) is 0.894. The third-order valence-corrected chi connectivity index (χ3v) is 6.20. The van der Waals surface area contributed by atoms with Crippen molar-refractivity contribution in [1.82, 2.24) is 25.3 Å². The molecule has 2 unspecified atom stereocenters. The van der Waals surface area contributed by atoms with E-state index in [1.807, 2.05) is 0 Å². The summed E-state index contributed by atoms with van der Waals surface area (Å²) in [5.74, 6) is 2.47. The molecule has 7 heteroatoms. The van der Waals surface area contributed by atoms with Crippen LogP contribution < -0.4 is 5.32 Å². The van der Waals surface area contributed by atoms with Gasteiger partial charge in [-0.25, -0.2) is 0 Å². The monoisotopic (exact) mass is 347 g/mol. The zero-order valence-electron chi connectivity index (χ0n) is 15.3. The van der Waals surface area contributed by atoms with E-state index in [9.17, 15) is 4.79 Å². The molecule has 3 heterocycles. The van der Waals surface area contributed by atoms with Gasteiger partial charge in [-0.15, -0.1) is 0 Å². The summed E-state index contributed by atoms with van der Waals surface area (Å²) in [5, 5.41) is 7.59. The minimum atomic E-state index is 0.0509. The summed E-state index contributed by atoms with van der Waals surface area (Å²) in [4.78, 5) is 21.5. The second-order valence-corrected chi connectivity index (χ2v) is 8.05. The van der Waals surface area contributed by atoms with Crippen molar-refractivity contribution in [2.24, 2.45) is 5.92 Å². The Morgan fingerprint density at radius 1 is 1.24 bits per heavy atom. The fraction of sp³-hybridized carbons (Fsp3) is 0.833. The van der Waals surface area contributed by atoms with E-state index in [1.165, 1.54) is 12.8 Å². The minimum absolute atomic E-state index is 0.0509. The summed E-state index contributed by atoms with van der Waals surface area (Å²) < 4.78 is 5.56. The normalized spacial score (nSPS) is 34.6. The van der Waals surface area contributed by atoms with Gasteiger partial charge in [0, 0.05) is 38.6 Å². The topological polar surface area (TPSA) is 74.5 Å². The summed E-state index contributed by atoms with van der Waals surface area (Å²) in [7, 11) is 2.09. The third-order valence-electron chi connectivity index (χ3n) is 6.20. The van der Waals surface area contributed by atoms with Gasteiger partial charge in [-0.3, -0.25) is 9.69 Å². The van der Waals surface area contributed by atoms with E-state index in [0.29, 0.717) is 18.4 Å². The molecular weight excluding hydrogens is 318 g/mol. The van der Waals surface area contributed by atoms with Gasteiger partial charge in [-0.2, -0.15) is 4.98 Å². The van der Waals surface area contributed by atoms with Gasteiger partial charge in [-0.1, -0.05) is 12.1 Å². The van der Waals surface area contributed by atoms with Crippen LogP contribution in [0.15, 0.2) is 4.52 Å². The summed E-state index contributed by atoms with van der Waals surface area (Å²) in [6, 6.07) is 0.559. The van der Waals surface area contributed by atoms with Crippen molar-refractivity contribution < 1.29 is 9.32 Å². The maximum absolute atomic E-state index is 12.5. The molecule has 3 aliphatic rings. The highest BCUT2D eigenvalue weighted by molar-refractivity contribution is 5.79. The number of hydrogen-bond acceptors (Lipinski definition) is 6. The van der Waals surface area contributed by atoms with Gasteiger partial charge < -0.3 is 14.7 Å². The number of nitrogens with one attached hydrogen (secondary N) is 1. The van der Waals surface area contributed by atoms with Crippen molar-refractivity contribution in [2.45, 2.75) is 57.0 Å². The molecular formula is C18H29N5O2. The van der Waals surface area contributed by atoms with E-state index < -0.39 is 0 Å². The molecule has 2 saturated heterocycles. The van der Waals surface area contributed by atoms with E-state index in [4.69, 9.17) is 4.52 Å². The number of piperazine rings is 1. The average molecular weight is 347 g/mol. The zero-order chi connectivity index (χ0) is 17.4. The number of nitrogens with zero attached hydrogens (tertiary/aromatic N) is 4. The van der Waals surface area contributed by atoms with Crippen molar-refractivity contribution >= 4 is 5.91 Å². The molecule has 1 aromatic heterocycles. The van der Waals surface area contributed by atoms with Crippen LogP contribution in [0.4, 0.5) is 0 Å². The van der Waals surface area contributed by atoms with Crippen molar-refractivity contribution in [1.29, 1.82) is 0 Å². The van der Waals surface area contributed by atoms with Gasteiger partial charge in [0.25, 0.3) is 0 Å². The first kappa shape index (κ1) is 17.0. The molecule has 4 rings (SSSR count). The number of carbonyl (C=O) groups excluding carboxylic acids is 1. The molecule has 1 amide bonds. The fourth-order valence-electron chi connectivity index (χ4n) is 4.45. The number of likely N-dealkylation sites (tertiary alicyclic amines) is 1. The Bertz CT molecular complexity index is 610. The van der Waals surface area contributed by atoms with Gasteiger partial charge in [0.15, 0.2) is 5.82 Å². The zero-order valence-corrected chi connectivity index (χ0v) is 15.3. The van der Waals surface area contributed by atoms with Crippen LogP contribution in [-0.4, -0.2) is 65.1 Å². The Morgan fingerprint density at radius 2 is 2.04 bits per heavy atom. The number of amides is 1. The maximum Gasteiger partial charge on any atom is 0.232 e. The average Bonchev–Trinajstić information content (AvgIpc) is 3.23. The highest BCUT2D eigenvalue weighted by atomic mass is 16.5. The predicted octanol–water partition coefficient (Wildman–Crippen LogP) is 1.54. The molecule has 0 bridgehead atoms. The van der Waals surface area contributed by atoms with Gasteiger partial charge in [-0.05, 0) is 38.6 Å². The van der Waals surface area contributed by atoms with Crippen LogP contribution in [0.25, 0.3) is 0 Å². The van der Waals surface area contributed by atoms with Gasteiger partial charge in [0.05, 0.1) is 12.0 Å². The third kappa shape index (κ3) is 3.44. The Labute approximate surface area is 149 Å². The number of likely N-dealkylation sites (N-methyl/N-ethyl adjacent to an activating group) is 1. The van der Waals surface area contributed by atoms with Crippen molar-refractivity contribution in [2.75, 3.05) is 33.2 Å². The molecule has 1 aromatic rings. The largest absolute Gasteiger partial charge is 0.339 e. The van der Waals surface area contributed by atoms with E-state index >= 15 is 0 Å². The summed E-state index contributed by atoms with van der Waals surface area (Å²) in [5.41, 5.74) is 0. The smallest absolute Gasteiger partial charge is 0.232 e. The van der Waals surface area contributed by atoms with Crippen LogP contribution in [0.5, 0.6) is 0 Å². The number of aromatic nitrogens is 2. The van der Waals surface area contributed by atoms with Gasteiger partial charge in [0.1, 0.15) is 0 Å². The second-order valence-electron chi connectivity index (χ2n) is 8.05. The molecule has 1 saturated carbocycles. The van der Waals surface area contributed by atoms with Crippen molar-refractivity contribution in [3.05, 3.63) is 11.7 Å². The Hall–Kier alpha value is -1.47. The van der Waals surface area contributed by atoms with E-state index in [0.717, 1.165) is 50.8 Å². The number of hydrogen-bond donors (Lipinski definition) is 1. The molecule has 2 aliphatic heterocycles. The van der Waals surface area contributed by atoms with E-state index in [-0.39, 0.29) is 17.9 Å². The highest BCUT2D eigenvalue weighted by Gasteiger charge is 2.39. The van der Waals surface area contributed by atoms with Gasteiger partial charge >= 0.3 is 0 Å². The molecule has 0 radical (unpaired) electrons. The van der Waals surface area contributed by atoms with Crippen LogP contribution >= 0.6 is 0 Å². The number of carbonyl (C=O) groups is 1. The summed E-state index contributed by atoms with van der Waals surface area (Å²) >= 11 is 0. The molecule has 0 spiro atoms. The Balaban J connectivity index is 1.42. The van der Waals surface area contributed by atoms with Crippen molar-refractivity contribution in [3.8, 4) is 0 Å². The standard InChI is InChI=1S/C18H29N5O2/c1-12-3-5-14(6-4-12)23-11-13(9-16(23)24)18-20-17(21-25-18)15-10-19-7-8-22(15)2/h12-15,19H,3-11H2,1-2H3. The first-order chi connectivity index (χ1) is 12.1. The molecule has 138 valence electrons. The lowest BCUT2D eigenvalue weighted by Gasteiger charge is -2.33. The van der Waals surface area contributed by atoms with Crippen LogP contribution in [-0.2, 0) is 4.79 Å². The molecule has 1 N–H and O–H groups in total. The van der Waals surface area contributed by atoms with Crippen molar-refractivity contribution in [3.63, 3.8) is 0 Å². The Kier molecular flexibility index (Phi) is 4.78. The lowest BCUT2D eigenvalue weighted by Crippen LogP contribution is -2.44. The minimum Gasteiger partial charge on any atom is -0.339 e. The van der Waals surface area contributed by atoms with E-state index in [1.54, 1.807) is 0 Å². The molecule has 7 nitrogen and oxygen atoms in total. The van der Waals surface area contributed by atoms with Gasteiger partial charge in [0.2, 0.25) is 11.8 Å². The summed E-state index contributed by atoms with van der Waals surface area (Å²) in [6.45, 7) is 5.85. The first-order valence-corrected chi connectivity index (χ1v) is 9.65. The van der Waals surface area contributed by atoms with E-state index in [2.05, 4.69) is 39.2 Å².